The van der Waals surface area contributed by atoms with Crippen LogP contribution in [0, 0.1) is 0 Å². The Kier molecular flexibility index (Phi) is 3.36. The number of carbonyl (C=O) groups is 1. The minimum absolute atomic E-state index is 0.332. The lowest BCUT2D eigenvalue weighted by molar-refractivity contribution is -0.157. The largest absolute Gasteiger partial charge is 0.479 e. The van der Waals surface area contributed by atoms with Crippen LogP contribution in [0.15, 0.2) is 0 Å². The average Bonchev–Trinajstić information content (AvgIpc) is 1.84. The number of aliphatic hydroxyl groups is 1. The van der Waals surface area contributed by atoms with E-state index < -0.39 is 11.6 Å². The van der Waals surface area contributed by atoms with Crippen molar-refractivity contribution >= 4 is 5.97 Å². The molecule has 0 aliphatic carbocycles. The molecule has 0 aromatic carbocycles. The number of rotatable bonds is 4. The summed E-state index contributed by atoms with van der Waals surface area (Å²) < 4.78 is 0. The van der Waals surface area contributed by atoms with Gasteiger partial charge in [0.2, 0.25) is 0 Å². The fraction of sp³-hybridized carbons (Fsp3) is 0.857. The number of hydrogen-bond acceptors (Lipinski definition) is 2. The van der Waals surface area contributed by atoms with E-state index in [2.05, 4.69) is 0 Å². The zero-order chi connectivity index (χ0) is 8.20. The molecule has 0 fully saturated rings. The molecule has 0 heterocycles. The molecule has 0 aromatic heterocycles. The van der Waals surface area contributed by atoms with Gasteiger partial charge in [-0.05, 0) is 13.3 Å². The third kappa shape index (κ3) is 2.82. The molecule has 60 valence electrons. The van der Waals surface area contributed by atoms with Crippen molar-refractivity contribution in [2.24, 2.45) is 0 Å². The number of aliphatic carboxylic acids is 1. The van der Waals surface area contributed by atoms with Crippen LogP contribution in [0.5, 0.6) is 0 Å². The summed E-state index contributed by atoms with van der Waals surface area (Å²) in [4.78, 5) is 10.3. The van der Waals surface area contributed by atoms with Gasteiger partial charge in [0, 0.05) is 0 Å². The van der Waals surface area contributed by atoms with Crippen LogP contribution in [-0.2, 0) is 4.79 Å². The number of unbranched alkanes of at least 4 members (excludes halogenated alkanes) is 1. The van der Waals surface area contributed by atoms with Crippen LogP contribution >= 0.6 is 0 Å². The molecule has 0 spiro atoms. The third-order valence-electron chi connectivity index (χ3n) is 1.48. The SMILES string of the molecule is CCCCC(C)(O)C(=O)O. The topological polar surface area (TPSA) is 57.5 Å². The van der Waals surface area contributed by atoms with Gasteiger partial charge in [0.15, 0.2) is 5.60 Å². The minimum atomic E-state index is -1.53. The van der Waals surface area contributed by atoms with Crippen molar-refractivity contribution in [2.75, 3.05) is 0 Å². The van der Waals surface area contributed by atoms with E-state index in [1.165, 1.54) is 6.92 Å². The summed E-state index contributed by atoms with van der Waals surface area (Å²) in [5.41, 5.74) is -1.53. The van der Waals surface area contributed by atoms with Crippen LogP contribution in [0.3, 0.4) is 0 Å². The number of carboxylic acid groups (broad SMARTS) is 1. The Balaban J connectivity index is 3.75. The molecule has 0 radical (unpaired) electrons. The van der Waals surface area contributed by atoms with Crippen molar-refractivity contribution in [1.82, 2.24) is 0 Å². The fourth-order valence-corrected chi connectivity index (χ4v) is 0.628. The van der Waals surface area contributed by atoms with Gasteiger partial charge >= 0.3 is 5.97 Å². The molecule has 0 saturated heterocycles. The summed E-state index contributed by atoms with van der Waals surface area (Å²) in [5.74, 6) is -1.14. The zero-order valence-electron chi connectivity index (χ0n) is 6.42. The van der Waals surface area contributed by atoms with Crippen LogP contribution in [-0.4, -0.2) is 21.8 Å². The van der Waals surface area contributed by atoms with E-state index in [1.54, 1.807) is 0 Å². The molecule has 0 aliphatic heterocycles. The summed E-state index contributed by atoms with van der Waals surface area (Å²) in [5, 5.41) is 17.5. The maximum atomic E-state index is 10.3. The van der Waals surface area contributed by atoms with Crippen LogP contribution in [0.2, 0.25) is 0 Å². The van der Waals surface area contributed by atoms with E-state index in [-0.39, 0.29) is 0 Å². The highest BCUT2D eigenvalue weighted by Crippen LogP contribution is 2.12. The molecule has 10 heavy (non-hydrogen) atoms. The molecule has 0 amide bonds. The minimum Gasteiger partial charge on any atom is -0.479 e. The molecule has 3 heteroatoms. The van der Waals surface area contributed by atoms with Crippen molar-refractivity contribution in [3.63, 3.8) is 0 Å². The first-order valence-corrected chi connectivity index (χ1v) is 3.46. The van der Waals surface area contributed by atoms with E-state index in [9.17, 15) is 4.79 Å². The van der Waals surface area contributed by atoms with Gasteiger partial charge in [-0.2, -0.15) is 0 Å². The standard InChI is InChI=1S/C7H14O3/c1-3-4-5-7(2,10)6(8)9/h10H,3-5H2,1-2H3,(H,8,9). The van der Waals surface area contributed by atoms with E-state index in [0.29, 0.717) is 6.42 Å². The molecule has 1 unspecified atom stereocenters. The second-order valence-corrected chi connectivity index (χ2v) is 2.68. The summed E-state index contributed by atoms with van der Waals surface area (Å²) >= 11 is 0. The highest BCUT2D eigenvalue weighted by atomic mass is 16.4. The molecule has 2 N–H and O–H groups in total. The molecule has 0 bridgehead atoms. The lowest BCUT2D eigenvalue weighted by atomic mass is 10.00. The Bertz CT molecular complexity index is 118. The highest BCUT2D eigenvalue weighted by molar-refractivity contribution is 5.76. The normalized spacial score (nSPS) is 16.3. The van der Waals surface area contributed by atoms with E-state index in [1.807, 2.05) is 6.92 Å². The van der Waals surface area contributed by atoms with Crippen LogP contribution in [0.1, 0.15) is 33.1 Å². The lowest BCUT2D eigenvalue weighted by Crippen LogP contribution is -2.34. The van der Waals surface area contributed by atoms with E-state index in [0.717, 1.165) is 12.8 Å². The predicted octanol–water partition coefficient (Wildman–Crippen LogP) is 1.01. The average molecular weight is 146 g/mol. The van der Waals surface area contributed by atoms with Crippen molar-refractivity contribution in [2.45, 2.75) is 38.7 Å². The molecule has 1 atom stereocenters. The van der Waals surface area contributed by atoms with Crippen molar-refractivity contribution in [3.8, 4) is 0 Å². The third-order valence-corrected chi connectivity index (χ3v) is 1.48. The molecule has 0 rings (SSSR count). The van der Waals surface area contributed by atoms with Gasteiger partial charge in [-0.1, -0.05) is 19.8 Å². The molecular formula is C7H14O3. The maximum Gasteiger partial charge on any atom is 0.335 e. The second kappa shape index (κ2) is 3.56. The maximum absolute atomic E-state index is 10.3. The Morgan fingerprint density at radius 3 is 2.40 bits per heavy atom. The number of hydrogen-bond donors (Lipinski definition) is 2. The Labute approximate surface area is 60.7 Å². The monoisotopic (exact) mass is 146 g/mol. The molecule has 0 aliphatic rings. The van der Waals surface area contributed by atoms with Crippen molar-refractivity contribution in [1.29, 1.82) is 0 Å². The Morgan fingerprint density at radius 2 is 2.10 bits per heavy atom. The van der Waals surface area contributed by atoms with Gasteiger partial charge in [-0.25, -0.2) is 4.79 Å². The smallest absolute Gasteiger partial charge is 0.335 e. The lowest BCUT2D eigenvalue weighted by Gasteiger charge is -2.16. The molecule has 0 saturated carbocycles. The summed E-state index contributed by atoms with van der Waals surface area (Å²) in [7, 11) is 0. The van der Waals surface area contributed by atoms with Crippen LogP contribution in [0.4, 0.5) is 0 Å². The van der Waals surface area contributed by atoms with Gasteiger partial charge in [-0.3, -0.25) is 0 Å². The van der Waals surface area contributed by atoms with Gasteiger partial charge in [0.05, 0.1) is 0 Å². The zero-order valence-corrected chi connectivity index (χ0v) is 6.42. The molecule has 0 aromatic rings. The first-order valence-electron chi connectivity index (χ1n) is 3.46. The van der Waals surface area contributed by atoms with Gasteiger partial charge < -0.3 is 10.2 Å². The fourth-order valence-electron chi connectivity index (χ4n) is 0.628. The van der Waals surface area contributed by atoms with Gasteiger partial charge in [0.1, 0.15) is 0 Å². The van der Waals surface area contributed by atoms with Crippen molar-refractivity contribution < 1.29 is 15.0 Å². The highest BCUT2D eigenvalue weighted by Gasteiger charge is 2.28. The van der Waals surface area contributed by atoms with Crippen molar-refractivity contribution in [3.05, 3.63) is 0 Å². The second-order valence-electron chi connectivity index (χ2n) is 2.68. The Morgan fingerprint density at radius 1 is 1.60 bits per heavy atom. The summed E-state index contributed by atoms with van der Waals surface area (Å²) in [6.07, 6.45) is 1.99. The Hall–Kier alpha value is -0.570. The molecule has 3 nitrogen and oxygen atoms in total. The quantitative estimate of drug-likeness (QED) is 0.622. The first-order chi connectivity index (χ1) is 4.50. The number of carboxylic acids is 1. The summed E-state index contributed by atoms with van der Waals surface area (Å²) in [6, 6.07) is 0. The van der Waals surface area contributed by atoms with E-state index >= 15 is 0 Å². The summed E-state index contributed by atoms with van der Waals surface area (Å²) in [6.45, 7) is 3.28. The molecular weight excluding hydrogens is 132 g/mol. The first kappa shape index (κ1) is 9.43. The van der Waals surface area contributed by atoms with Gasteiger partial charge in [-0.15, -0.1) is 0 Å². The van der Waals surface area contributed by atoms with Gasteiger partial charge in [0.25, 0.3) is 0 Å². The van der Waals surface area contributed by atoms with E-state index in [4.69, 9.17) is 10.2 Å². The van der Waals surface area contributed by atoms with Crippen LogP contribution in [0.25, 0.3) is 0 Å². The predicted molar refractivity (Wildman–Crippen MR) is 37.8 cm³/mol. The van der Waals surface area contributed by atoms with Crippen LogP contribution < -0.4 is 0 Å².